The van der Waals surface area contributed by atoms with Crippen LogP contribution in [0.5, 0.6) is 0 Å². The van der Waals surface area contributed by atoms with Crippen LogP contribution in [0.3, 0.4) is 0 Å². The number of hydrogen-bond acceptors (Lipinski definition) is 4. The van der Waals surface area contributed by atoms with E-state index in [2.05, 4.69) is 10.4 Å². The molecule has 0 atom stereocenters. The van der Waals surface area contributed by atoms with Crippen LogP contribution in [0.4, 0.5) is 0 Å². The van der Waals surface area contributed by atoms with Crippen LogP contribution in [-0.4, -0.2) is 37.9 Å². The topological polar surface area (TPSA) is 80.0 Å². The Kier molecular flexibility index (Phi) is 4.02. The van der Waals surface area contributed by atoms with Gasteiger partial charge >= 0.3 is 0 Å². The van der Waals surface area contributed by atoms with Crippen molar-refractivity contribution < 1.29 is 9.90 Å². The summed E-state index contributed by atoms with van der Waals surface area (Å²) in [7, 11) is 1.87. The Morgan fingerprint density at radius 1 is 1.36 bits per heavy atom. The highest BCUT2D eigenvalue weighted by atomic mass is 16.3. The third kappa shape index (κ3) is 3.15. The van der Waals surface area contributed by atoms with Crippen LogP contribution in [0.2, 0.25) is 0 Å². The first-order chi connectivity index (χ1) is 12.0. The Balaban J connectivity index is 1.64. The fraction of sp³-hybridized carbons (Fsp3) is 0.632. The molecule has 2 aromatic heterocycles. The third-order valence-corrected chi connectivity index (χ3v) is 5.59. The molecule has 0 unspecified atom stereocenters. The fourth-order valence-electron chi connectivity index (χ4n) is 3.96. The Hall–Kier alpha value is -1.95. The average Bonchev–Trinajstić information content (AvgIpc) is 3.40. The van der Waals surface area contributed by atoms with Gasteiger partial charge in [-0.05, 0) is 38.7 Å². The molecule has 2 aliphatic carbocycles. The summed E-state index contributed by atoms with van der Waals surface area (Å²) in [4.78, 5) is 17.6. The maximum Gasteiger partial charge on any atom is 0.252 e. The summed E-state index contributed by atoms with van der Waals surface area (Å²) >= 11 is 0. The molecule has 2 aliphatic rings. The van der Waals surface area contributed by atoms with E-state index >= 15 is 0 Å². The number of carbonyl (C=O) groups excluding carboxylic acids is 1. The largest absolute Gasteiger partial charge is 0.388 e. The number of aromatic nitrogens is 3. The molecule has 2 fully saturated rings. The molecule has 0 spiro atoms. The molecule has 2 aromatic rings. The summed E-state index contributed by atoms with van der Waals surface area (Å²) in [5, 5.41) is 18.9. The van der Waals surface area contributed by atoms with Gasteiger partial charge in [0.05, 0.1) is 22.2 Å². The first kappa shape index (κ1) is 16.5. The van der Waals surface area contributed by atoms with E-state index in [1.807, 2.05) is 20.0 Å². The number of pyridine rings is 1. The summed E-state index contributed by atoms with van der Waals surface area (Å²) in [6.07, 6.45) is 7.02. The summed E-state index contributed by atoms with van der Waals surface area (Å²) < 4.78 is 1.75. The van der Waals surface area contributed by atoms with E-state index in [0.29, 0.717) is 18.0 Å². The van der Waals surface area contributed by atoms with Crippen LogP contribution in [0.15, 0.2) is 6.07 Å². The minimum Gasteiger partial charge on any atom is -0.388 e. The van der Waals surface area contributed by atoms with E-state index in [1.54, 1.807) is 4.68 Å². The van der Waals surface area contributed by atoms with Crippen LogP contribution >= 0.6 is 0 Å². The molecule has 134 valence electrons. The van der Waals surface area contributed by atoms with Gasteiger partial charge in [0.1, 0.15) is 0 Å². The predicted octanol–water partition coefficient (Wildman–Crippen LogP) is 2.58. The van der Waals surface area contributed by atoms with Gasteiger partial charge in [-0.1, -0.05) is 19.3 Å². The quantitative estimate of drug-likeness (QED) is 0.895. The van der Waals surface area contributed by atoms with Crippen LogP contribution in [0.25, 0.3) is 11.0 Å². The molecular weight excluding hydrogens is 316 g/mol. The zero-order chi connectivity index (χ0) is 17.6. The highest BCUT2D eigenvalue weighted by molar-refractivity contribution is 6.06. The number of nitrogens with zero attached hydrogens (tertiary/aromatic N) is 3. The minimum absolute atomic E-state index is 0.135. The van der Waals surface area contributed by atoms with Crippen LogP contribution in [-0.2, 0) is 7.05 Å². The second-order valence-electron chi connectivity index (χ2n) is 7.74. The molecule has 0 saturated heterocycles. The van der Waals surface area contributed by atoms with Gasteiger partial charge in [0.15, 0.2) is 5.65 Å². The van der Waals surface area contributed by atoms with Crippen LogP contribution in [0.1, 0.15) is 72.6 Å². The summed E-state index contributed by atoms with van der Waals surface area (Å²) in [6, 6.07) is 1.93. The normalized spacial score (nSPS) is 20.0. The second-order valence-corrected chi connectivity index (χ2v) is 7.74. The van der Waals surface area contributed by atoms with Crippen molar-refractivity contribution in [2.24, 2.45) is 7.05 Å². The lowest BCUT2D eigenvalue weighted by Crippen LogP contribution is -2.44. The molecule has 1 amide bonds. The van der Waals surface area contributed by atoms with Crippen molar-refractivity contribution >= 4 is 16.9 Å². The monoisotopic (exact) mass is 342 g/mol. The van der Waals surface area contributed by atoms with Crippen LogP contribution in [0, 0.1) is 6.92 Å². The Labute approximate surface area is 147 Å². The molecular formula is C19H26N4O2. The van der Waals surface area contributed by atoms with Gasteiger partial charge in [0.2, 0.25) is 0 Å². The van der Waals surface area contributed by atoms with Crippen molar-refractivity contribution in [1.29, 1.82) is 0 Å². The number of carbonyl (C=O) groups is 1. The van der Waals surface area contributed by atoms with Gasteiger partial charge in [-0.25, -0.2) is 4.98 Å². The third-order valence-electron chi connectivity index (χ3n) is 5.59. The van der Waals surface area contributed by atoms with Gasteiger partial charge in [-0.2, -0.15) is 5.10 Å². The molecule has 6 nitrogen and oxygen atoms in total. The van der Waals surface area contributed by atoms with Crippen molar-refractivity contribution in [3.63, 3.8) is 0 Å². The number of aliphatic hydroxyl groups is 1. The highest BCUT2D eigenvalue weighted by Gasteiger charge is 2.31. The van der Waals surface area contributed by atoms with Crippen molar-refractivity contribution in [3.05, 3.63) is 23.0 Å². The van der Waals surface area contributed by atoms with Crippen molar-refractivity contribution in [2.45, 2.75) is 63.4 Å². The Morgan fingerprint density at radius 2 is 2.08 bits per heavy atom. The van der Waals surface area contributed by atoms with E-state index < -0.39 is 5.60 Å². The van der Waals surface area contributed by atoms with E-state index in [9.17, 15) is 9.90 Å². The van der Waals surface area contributed by atoms with E-state index in [4.69, 9.17) is 4.98 Å². The molecule has 6 heteroatoms. The molecule has 2 heterocycles. The first-order valence-corrected chi connectivity index (χ1v) is 9.32. The zero-order valence-corrected chi connectivity index (χ0v) is 15.0. The molecule has 0 bridgehead atoms. The van der Waals surface area contributed by atoms with Gasteiger partial charge in [-0.3, -0.25) is 9.48 Å². The van der Waals surface area contributed by atoms with Crippen LogP contribution < -0.4 is 5.32 Å². The van der Waals surface area contributed by atoms with Gasteiger partial charge in [-0.15, -0.1) is 0 Å². The number of rotatable bonds is 4. The molecule has 2 N–H and O–H groups in total. The Bertz CT molecular complexity index is 816. The first-order valence-electron chi connectivity index (χ1n) is 9.32. The number of amides is 1. The van der Waals surface area contributed by atoms with E-state index in [1.165, 1.54) is 6.42 Å². The van der Waals surface area contributed by atoms with Crippen molar-refractivity contribution in [2.75, 3.05) is 6.54 Å². The number of fused-ring (bicyclic) bond motifs is 1. The van der Waals surface area contributed by atoms with Gasteiger partial charge < -0.3 is 10.4 Å². The molecule has 2 saturated carbocycles. The maximum atomic E-state index is 12.9. The minimum atomic E-state index is -0.761. The SMILES string of the molecule is Cc1nn(C)c2nc(C3CC3)cc(C(=O)NCC3(O)CCCCC3)c12. The fourth-order valence-corrected chi connectivity index (χ4v) is 3.96. The summed E-state index contributed by atoms with van der Waals surface area (Å²) in [5.41, 5.74) is 2.44. The smallest absolute Gasteiger partial charge is 0.252 e. The number of hydrogen-bond donors (Lipinski definition) is 2. The molecule has 0 aromatic carbocycles. The second kappa shape index (κ2) is 6.09. The van der Waals surface area contributed by atoms with Gasteiger partial charge in [0, 0.05) is 25.2 Å². The zero-order valence-electron chi connectivity index (χ0n) is 15.0. The molecule has 25 heavy (non-hydrogen) atoms. The summed E-state index contributed by atoms with van der Waals surface area (Å²) in [6.45, 7) is 2.22. The molecule has 0 radical (unpaired) electrons. The summed E-state index contributed by atoms with van der Waals surface area (Å²) in [5.74, 6) is 0.332. The molecule has 4 rings (SSSR count). The van der Waals surface area contributed by atoms with E-state index in [0.717, 1.165) is 60.9 Å². The maximum absolute atomic E-state index is 12.9. The lowest BCUT2D eigenvalue weighted by Gasteiger charge is -2.32. The highest BCUT2D eigenvalue weighted by Crippen LogP contribution is 2.40. The number of aryl methyl sites for hydroxylation is 2. The standard InChI is InChI=1S/C19H26N4O2/c1-12-16-14(18(24)20-11-19(25)8-4-3-5-9-19)10-15(13-6-7-13)21-17(16)23(2)22-12/h10,13,25H,3-9,11H2,1-2H3,(H,20,24). The predicted molar refractivity (Wildman–Crippen MR) is 95.6 cm³/mol. The average molecular weight is 342 g/mol. The van der Waals surface area contributed by atoms with Crippen molar-refractivity contribution in [3.8, 4) is 0 Å². The lowest BCUT2D eigenvalue weighted by atomic mass is 9.85. The number of nitrogens with one attached hydrogen (secondary N) is 1. The Morgan fingerprint density at radius 3 is 2.76 bits per heavy atom. The lowest BCUT2D eigenvalue weighted by molar-refractivity contribution is 0.00527. The molecule has 0 aliphatic heterocycles. The van der Waals surface area contributed by atoms with Crippen molar-refractivity contribution in [1.82, 2.24) is 20.1 Å². The van der Waals surface area contributed by atoms with E-state index in [-0.39, 0.29) is 5.91 Å². The van der Waals surface area contributed by atoms with Gasteiger partial charge in [0.25, 0.3) is 5.91 Å².